The van der Waals surface area contributed by atoms with E-state index in [-0.39, 0.29) is 11.7 Å². The summed E-state index contributed by atoms with van der Waals surface area (Å²) in [5.41, 5.74) is 1.00. The van der Waals surface area contributed by atoms with E-state index in [1.165, 1.54) is 16.7 Å². The first-order valence-corrected chi connectivity index (χ1v) is 6.53. The van der Waals surface area contributed by atoms with Gasteiger partial charge in [-0.3, -0.25) is 0 Å². The van der Waals surface area contributed by atoms with Gasteiger partial charge in [0, 0.05) is 10.4 Å². The molecule has 2 aromatic rings. The van der Waals surface area contributed by atoms with Crippen LogP contribution in [0.3, 0.4) is 0 Å². The van der Waals surface area contributed by atoms with E-state index in [9.17, 15) is 4.79 Å². The molecule has 1 aromatic carbocycles. The molecule has 0 spiro atoms. The van der Waals surface area contributed by atoms with E-state index in [4.69, 9.17) is 16.7 Å². The molecule has 0 fully saturated rings. The summed E-state index contributed by atoms with van der Waals surface area (Å²) < 4.78 is 0. The van der Waals surface area contributed by atoms with Gasteiger partial charge in [0.2, 0.25) is 0 Å². The van der Waals surface area contributed by atoms with Crippen LogP contribution >= 0.6 is 22.9 Å². The number of nitrogens with one attached hydrogen (secondary N) is 1. The molecule has 4 nitrogen and oxygen atoms in total. The zero-order valence-electron chi connectivity index (χ0n) is 9.55. The lowest BCUT2D eigenvalue weighted by Crippen LogP contribution is -2.07. The number of anilines is 1. The molecule has 0 amide bonds. The van der Waals surface area contributed by atoms with Crippen molar-refractivity contribution in [3.8, 4) is 0 Å². The third-order valence-corrected chi connectivity index (χ3v) is 3.55. The first kappa shape index (κ1) is 12.9. The largest absolute Gasteiger partial charge is 0.476 e. The van der Waals surface area contributed by atoms with E-state index in [0.29, 0.717) is 10.2 Å². The molecule has 0 saturated carbocycles. The van der Waals surface area contributed by atoms with Crippen LogP contribution in [0.15, 0.2) is 29.6 Å². The fraction of sp³-hybridized carbons (Fsp3) is 0.167. The van der Waals surface area contributed by atoms with Crippen LogP contribution in [0.25, 0.3) is 0 Å². The van der Waals surface area contributed by atoms with E-state index >= 15 is 0 Å². The molecule has 1 aromatic heterocycles. The number of halogens is 1. The molecule has 0 radical (unpaired) electrons. The Hall–Kier alpha value is -1.59. The zero-order chi connectivity index (χ0) is 13.1. The fourth-order valence-electron chi connectivity index (χ4n) is 1.53. The molecule has 1 heterocycles. The van der Waals surface area contributed by atoms with Crippen LogP contribution in [-0.2, 0) is 0 Å². The van der Waals surface area contributed by atoms with Crippen LogP contribution in [0.5, 0.6) is 0 Å². The molecule has 0 aliphatic rings. The van der Waals surface area contributed by atoms with Crippen molar-refractivity contribution in [3.63, 3.8) is 0 Å². The Morgan fingerprint density at radius 3 is 2.83 bits per heavy atom. The molecule has 1 unspecified atom stereocenters. The standard InChI is InChI=1S/C12H11ClN2O2S/c1-7(8-4-2-3-5-9(8)13)14-12-15-10(6-18-12)11(16)17/h2-7H,1H3,(H,14,15)(H,16,17). The summed E-state index contributed by atoms with van der Waals surface area (Å²) in [4.78, 5) is 14.7. The normalized spacial score (nSPS) is 12.1. The smallest absolute Gasteiger partial charge is 0.355 e. The number of carboxylic acid groups (broad SMARTS) is 1. The number of benzene rings is 1. The minimum Gasteiger partial charge on any atom is -0.476 e. The first-order valence-electron chi connectivity index (χ1n) is 5.27. The van der Waals surface area contributed by atoms with Crippen molar-refractivity contribution in [2.24, 2.45) is 0 Å². The Kier molecular flexibility index (Phi) is 3.84. The van der Waals surface area contributed by atoms with Gasteiger partial charge in [0.25, 0.3) is 0 Å². The summed E-state index contributed by atoms with van der Waals surface area (Å²) in [6.07, 6.45) is 0. The van der Waals surface area contributed by atoms with Gasteiger partial charge in [-0.1, -0.05) is 29.8 Å². The second kappa shape index (κ2) is 5.37. The van der Waals surface area contributed by atoms with Crippen LogP contribution < -0.4 is 5.32 Å². The van der Waals surface area contributed by atoms with Crippen molar-refractivity contribution in [2.45, 2.75) is 13.0 Å². The van der Waals surface area contributed by atoms with Gasteiger partial charge in [-0.15, -0.1) is 11.3 Å². The molecule has 2 N–H and O–H groups in total. The van der Waals surface area contributed by atoms with E-state index in [1.807, 2.05) is 31.2 Å². The van der Waals surface area contributed by atoms with Crippen molar-refractivity contribution < 1.29 is 9.90 Å². The number of hydrogen-bond acceptors (Lipinski definition) is 4. The summed E-state index contributed by atoms with van der Waals surface area (Å²) in [5, 5.41) is 14.7. The SMILES string of the molecule is CC(Nc1nc(C(=O)O)cs1)c1ccccc1Cl. The lowest BCUT2D eigenvalue weighted by atomic mass is 10.1. The second-order valence-corrected chi connectivity index (χ2v) is 5.00. The lowest BCUT2D eigenvalue weighted by Gasteiger charge is -2.14. The average molecular weight is 283 g/mol. The molecule has 94 valence electrons. The average Bonchev–Trinajstić information content (AvgIpc) is 2.78. The van der Waals surface area contributed by atoms with Gasteiger partial charge in [0.15, 0.2) is 10.8 Å². The van der Waals surface area contributed by atoms with Crippen molar-refractivity contribution in [3.05, 3.63) is 45.9 Å². The van der Waals surface area contributed by atoms with Gasteiger partial charge < -0.3 is 10.4 Å². The number of aromatic nitrogens is 1. The number of carboxylic acids is 1. The molecule has 2 rings (SSSR count). The highest BCUT2D eigenvalue weighted by Gasteiger charge is 2.13. The molecule has 0 aliphatic heterocycles. The number of rotatable bonds is 4. The highest BCUT2D eigenvalue weighted by Crippen LogP contribution is 2.27. The van der Waals surface area contributed by atoms with Crippen molar-refractivity contribution >= 4 is 34.0 Å². The molecule has 18 heavy (non-hydrogen) atoms. The fourth-order valence-corrected chi connectivity index (χ4v) is 2.60. The maximum Gasteiger partial charge on any atom is 0.355 e. The quantitative estimate of drug-likeness (QED) is 0.898. The van der Waals surface area contributed by atoms with E-state index in [1.54, 1.807) is 0 Å². The van der Waals surface area contributed by atoms with E-state index in [2.05, 4.69) is 10.3 Å². The summed E-state index contributed by atoms with van der Waals surface area (Å²) >= 11 is 7.35. The van der Waals surface area contributed by atoms with Crippen LogP contribution in [0.1, 0.15) is 29.0 Å². The van der Waals surface area contributed by atoms with Gasteiger partial charge >= 0.3 is 5.97 Å². The Labute approximate surface area is 113 Å². The summed E-state index contributed by atoms with van der Waals surface area (Å²) in [6, 6.07) is 7.48. The van der Waals surface area contributed by atoms with Crippen molar-refractivity contribution in [1.82, 2.24) is 4.98 Å². The van der Waals surface area contributed by atoms with Crippen LogP contribution in [0.4, 0.5) is 5.13 Å². The Morgan fingerprint density at radius 1 is 1.50 bits per heavy atom. The molecule has 0 aliphatic carbocycles. The predicted molar refractivity (Wildman–Crippen MR) is 72.6 cm³/mol. The third-order valence-electron chi connectivity index (χ3n) is 2.44. The van der Waals surface area contributed by atoms with Crippen LogP contribution in [0, 0.1) is 0 Å². The number of thiazole rings is 1. The molecular weight excluding hydrogens is 272 g/mol. The van der Waals surface area contributed by atoms with Gasteiger partial charge in [0.05, 0.1) is 6.04 Å². The summed E-state index contributed by atoms with van der Waals surface area (Å²) in [5.74, 6) is -1.02. The second-order valence-electron chi connectivity index (χ2n) is 3.73. The maximum absolute atomic E-state index is 10.7. The summed E-state index contributed by atoms with van der Waals surface area (Å²) in [7, 11) is 0. The number of carbonyl (C=O) groups is 1. The Balaban J connectivity index is 2.13. The van der Waals surface area contributed by atoms with Crippen molar-refractivity contribution in [2.75, 3.05) is 5.32 Å². The molecule has 0 bridgehead atoms. The van der Waals surface area contributed by atoms with Crippen LogP contribution in [0.2, 0.25) is 5.02 Å². The molecule has 0 saturated heterocycles. The van der Waals surface area contributed by atoms with E-state index in [0.717, 1.165) is 5.56 Å². The highest BCUT2D eigenvalue weighted by atomic mass is 35.5. The maximum atomic E-state index is 10.7. The Morgan fingerprint density at radius 2 is 2.22 bits per heavy atom. The lowest BCUT2D eigenvalue weighted by molar-refractivity contribution is 0.0691. The van der Waals surface area contributed by atoms with Crippen molar-refractivity contribution in [1.29, 1.82) is 0 Å². The third kappa shape index (κ3) is 2.80. The monoisotopic (exact) mass is 282 g/mol. The van der Waals surface area contributed by atoms with E-state index < -0.39 is 5.97 Å². The topological polar surface area (TPSA) is 62.2 Å². The highest BCUT2D eigenvalue weighted by molar-refractivity contribution is 7.13. The molecular formula is C12H11ClN2O2S. The number of hydrogen-bond donors (Lipinski definition) is 2. The zero-order valence-corrected chi connectivity index (χ0v) is 11.1. The van der Waals surface area contributed by atoms with Gasteiger partial charge in [-0.05, 0) is 18.6 Å². The van der Waals surface area contributed by atoms with Gasteiger partial charge in [-0.2, -0.15) is 0 Å². The number of nitrogens with zero attached hydrogens (tertiary/aromatic N) is 1. The summed E-state index contributed by atoms with van der Waals surface area (Å²) in [6.45, 7) is 1.95. The minimum atomic E-state index is -1.02. The van der Waals surface area contributed by atoms with Gasteiger partial charge in [-0.25, -0.2) is 9.78 Å². The van der Waals surface area contributed by atoms with Gasteiger partial charge in [0.1, 0.15) is 0 Å². The predicted octanol–water partition coefficient (Wildman–Crippen LogP) is 3.67. The molecule has 6 heteroatoms. The van der Waals surface area contributed by atoms with Crippen LogP contribution in [-0.4, -0.2) is 16.1 Å². The minimum absolute atomic E-state index is 0.0357. The molecule has 1 atom stereocenters. The Bertz CT molecular complexity index is 571. The number of aromatic carboxylic acids is 1. The first-order chi connectivity index (χ1) is 8.58.